The van der Waals surface area contributed by atoms with Crippen LogP contribution in [0.2, 0.25) is 0 Å². The maximum Gasteiger partial charge on any atom is 0.269 e. The van der Waals surface area contributed by atoms with Gasteiger partial charge in [-0.25, -0.2) is 0 Å². The normalized spacial score (nSPS) is 11.7. The standard InChI is InChI=1S/C8H7NO.C6H4N2O4/c10-8-5-6-3-1-2-4-7(6)9-8;9-7(10)5-1-2-6(4-3-5)8(11)12/h1-4H,5H2,(H,9,10);1-4H. The van der Waals surface area contributed by atoms with Crippen molar-refractivity contribution in [3.8, 4) is 0 Å². The Labute approximate surface area is 124 Å². The van der Waals surface area contributed by atoms with Crippen molar-refractivity contribution in [3.05, 3.63) is 74.3 Å². The van der Waals surface area contributed by atoms with E-state index in [9.17, 15) is 25.0 Å². The third kappa shape index (κ3) is 3.63. The van der Waals surface area contributed by atoms with Crippen LogP contribution in [0.1, 0.15) is 5.56 Å². The second-order valence-corrected chi connectivity index (χ2v) is 4.41. The van der Waals surface area contributed by atoms with Gasteiger partial charge in [-0.05, 0) is 11.6 Å². The van der Waals surface area contributed by atoms with E-state index < -0.39 is 9.85 Å². The molecule has 0 aliphatic carbocycles. The van der Waals surface area contributed by atoms with Crippen LogP contribution in [0.5, 0.6) is 0 Å². The van der Waals surface area contributed by atoms with E-state index in [1.165, 1.54) is 0 Å². The van der Waals surface area contributed by atoms with Gasteiger partial charge in [-0.2, -0.15) is 0 Å². The summed E-state index contributed by atoms with van der Waals surface area (Å²) in [6.45, 7) is 0. The maximum absolute atomic E-state index is 10.8. The lowest BCUT2D eigenvalue weighted by Gasteiger charge is -1.93. The Morgan fingerprint density at radius 3 is 1.82 bits per heavy atom. The minimum absolute atomic E-state index is 0.0983. The molecular formula is C14H11N3O5. The van der Waals surface area contributed by atoms with E-state index in [0.717, 1.165) is 35.5 Å². The molecule has 1 N–H and O–H groups in total. The Bertz CT molecular complexity index is 668. The Morgan fingerprint density at radius 1 is 0.864 bits per heavy atom. The van der Waals surface area contributed by atoms with Crippen molar-refractivity contribution in [2.24, 2.45) is 0 Å². The summed E-state index contributed by atoms with van der Waals surface area (Å²) in [6.07, 6.45) is 0.538. The molecule has 3 rings (SSSR count). The van der Waals surface area contributed by atoms with E-state index in [-0.39, 0.29) is 17.3 Å². The van der Waals surface area contributed by atoms with E-state index in [2.05, 4.69) is 5.32 Å². The number of non-ortho nitro benzene ring substituents is 2. The average molecular weight is 301 g/mol. The zero-order valence-electron chi connectivity index (χ0n) is 11.3. The van der Waals surface area contributed by atoms with Gasteiger partial charge in [0.05, 0.1) is 16.3 Å². The number of hydrogen-bond donors (Lipinski definition) is 1. The number of rotatable bonds is 2. The molecule has 2 aromatic carbocycles. The predicted molar refractivity (Wildman–Crippen MR) is 78.5 cm³/mol. The molecular weight excluding hydrogens is 290 g/mol. The van der Waals surface area contributed by atoms with Crippen LogP contribution in [0.15, 0.2) is 48.5 Å². The third-order valence-corrected chi connectivity index (χ3v) is 2.91. The second kappa shape index (κ2) is 6.44. The summed E-state index contributed by atoms with van der Waals surface area (Å²) in [5.41, 5.74) is 1.77. The lowest BCUT2D eigenvalue weighted by molar-refractivity contribution is -0.389. The fourth-order valence-electron chi connectivity index (χ4n) is 1.86. The molecule has 0 saturated carbocycles. The number of hydrogen-bond acceptors (Lipinski definition) is 5. The molecule has 0 aromatic heterocycles. The molecule has 0 atom stereocenters. The fraction of sp³-hybridized carbons (Fsp3) is 0.0714. The van der Waals surface area contributed by atoms with Gasteiger partial charge in [-0.15, -0.1) is 0 Å². The van der Waals surface area contributed by atoms with Crippen molar-refractivity contribution in [2.75, 3.05) is 5.32 Å². The summed E-state index contributed by atoms with van der Waals surface area (Å²) in [6, 6.07) is 12.1. The first-order valence-electron chi connectivity index (χ1n) is 6.24. The van der Waals surface area contributed by atoms with Gasteiger partial charge in [0.2, 0.25) is 5.91 Å². The summed E-state index contributed by atoms with van der Waals surface area (Å²) >= 11 is 0. The second-order valence-electron chi connectivity index (χ2n) is 4.41. The summed E-state index contributed by atoms with van der Waals surface area (Å²) in [7, 11) is 0. The SMILES string of the molecule is O=C1Cc2ccccc2N1.O=[N+]([O-])c1ccc([N+](=O)[O-])cc1. The molecule has 112 valence electrons. The smallest absolute Gasteiger partial charge is 0.269 e. The fourth-order valence-corrected chi connectivity index (χ4v) is 1.86. The van der Waals surface area contributed by atoms with Crippen LogP contribution < -0.4 is 5.32 Å². The number of carbonyl (C=O) groups excluding carboxylic acids is 1. The van der Waals surface area contributed by atoms with Crippen molar-refractivity contribution in [2.45, 2.75) is 6.42 Å². The number of carbonyl (C=O) groups is 1. The lowest BCUT2D eigenvalue weighted by Crippen LogP contribution is -2.03. The molecule has 1 aliphatic heterocycles. The number of amides is 1. The molecule has 0 spiro atoms. The molecule has 0 bridgehead atoms. The van der Waals surface area contributed by atoms with Crippen LogP contribution in [-0.4, -0.2) is 15.8 Å². The summed E-state index contributed by atoms with van der Waals surface area (Å²) in [5.74, 6) is 0.0983. The summed E-state index contributed by atoms with van der Waals surface area (Å²) in [4.78, 5) is 29.8. The van der Waals surface area contributed by atoms with Gasteiger partial charge in [-0.1, -0.05) is 18.2 Å². The molecule has 8 nitrogen and oxygen atoms in total. The zero-order chi connectivity index (χ0) is 16.1. The molecule has 2 aromatic rings. The van der Waals surface area contributed by atoms with Crippen LogP contribution >= 0.6 is 0 Å². The van der Waals surface area contributed by atoms with Crippen molar-refractivity contribution in [1.29, 1.82) is 0 Å². The quantitative estimate of drug-likeness (QED) is 0.676. The molecule has 0 unspecified atom stereocenters. The third-order valence-electron chi connectivity index (χ3n) is 2.91. The van der Waals surface area contributed by atoms with E-state index in [4.69, 9.17) is 0 Å². The summed E-state index contributed by atoms with van der Waals surface area (Å²) < 4.78 is 0. The van der Waals surface area contributed by atoms with Crippen molar-refractivity contribution in [1.82, 2.24) is 0 Å². The highest BCUT2D eigenvalue weighted by atomic mass is 16.6. The molecule has 1 heterocycles. The largest absolute Gasteiger partial charge is 0.326 e. The number of nitrogens with zero attached hydrogens (tertiary/aromatic N) is 2. The van der Waals surface area contributed by atoms with Gasteiger partial charge in [-0.3, -0.25) is 25.0 Å². The maximum atomic E-state index is 10.8. The number of benzene rings is 2. The first kappa shape index (κ1) is 15.1. The van der Waals surface area contributed by atoms with Gasteiger partial charge in [0.1, 0.15) is 0 Å². The van der Waals surface area contributed by atoms with Gasteiger partial charge >= 0.3 is 0 Å². The van der Waals surface area contributed by atoms with Crippen LogP contribution in [0.25, 0.3) is 0 Å². The lowest BCUT2D eigenvalue weighted by atomic mass is 10.2. The average Bonchev–Trinajstić information content (AvgIpc) is 2.88. The van der Waals surface area contributed by atoms with Gasteiger partial charge in [0.15, 0.2) is 0 Å². The van der Waals surface area contributed by atoms with Crippen LogP contribution in [-0.2, 0) is 11.2 Å². The minimum Gasteiger partial charge on any atom is -0.326 e. The van der Waals surface area contributed by atoms with E-state index >= 15 is 0 Å². The highest BCUT2D eigenvalue weighted by molar-refractivity contribution is 5.98. The number of nitrogens with one attached hydrogen (secondary N) is 1. The molecule has 0 saturated heterocycles. The Balaban J connectivity index is 0.000000162. The van der Waals surface area contributed by atoms with Gasteiger partial charge < -0.3 is 5.32 Å². The Morgan fingerprint density at radius 2 is 1.36 bits per heavy atom. The zero-order valence-corrected chi connectivity index (χ0v) is 11.3. The number of anilines is 1. The first-order chi connectivity index (χ1) is 10.5. The van der Waals surface area contributed by atoms with Crippen LogP contribution in [0.4, 0.5) is 17.1 Å². The number of para-hydroxylation sites is 1. The van der Waals surface area contributed by atoms with Crippen LogP contribution in [0.3, 0.4) is 0 Å². The highest BCUT2D eigenvalue weighted by Gasteiger charge is 2.15. The van der Waals surface area contributed by atoms with E-state index in [1.807, 2.05) is 24.3 Å². The molecule has 1 aliphatic rings. The Kier molecular flexibility index (Phi) is 4.42. The molecule has 8 heteroatoms. The number of nitro benzene ring substituents is 2. The van der Waals surface area contributed by atoms with Crippen molar-refractivity contribution in [3.63, 3.8) is 0 Å². The van der Waals surface area contributed by atoms with E-state index in [1.54, 1.807) is 0 Å². The summed E-state index contributed by atoms with van der Waals surface area (Å²) in [5, 5.41) is 23.0. The van der Waals surface area contributed by atoms with E-state index in [0.29, 0.717) is 6.42 Å². The van der Waals surface area contributed by atoms with Gasteiger partial charge in [0, 0.05) is 30.0 Å². The van der Waals surface area contributed by atoms with Gasteiger partial charge in [0.25, 0.3) is 11.4 Å². The van der Waals surface area contributed by atoms with Crippen molar-refractivity contribution < 1.29 is 14.6 Å². The molecule has 0 radical (unpaired) electrons. The first-order valence-corrected chi connectivity index (χ1v) is 6.24. The highest BCUT2D eigenvalue weighted by Crippen LogP contribution is 2.21. The van der Waals surface area contributed by atoms with Crippen LogP contribution in [0, 0.1) is 20.2 Å². The van der Waals surface area contributed by atoms with Crippen molar-refractivity contribution >= 4 is 23.0 Å². The minimum atomic E-state index is -0.607. The molecule has 1 amide bonds. The topological polar surface area (TPSA) is 115 Å². The molecule has 22 heavy (non-hydrogen) atoms. The monoisotopic (exact) mass is 301 g/mol. The number of nitro groups is 2. The predicted octanol–water partition coefficient (Wildman–Crippen LogP) is 2.68. The number of fused-ring (bicyclic) bond motifs is 1. The Hall–Kier alpha value is -3.29. The molecule has 0 fully saturated rings.